The molecule has 1 saturated heterocycles. The molecule has 0 spiro atoms. The number of rotatable bonds is 4. The van der Waals surface area contributed by atoms with Gasteiger partial charge >= 0.3 is 6.41 Å². The predicted molar refractivity (Wildman–Crippen MR) is 62.0 cm³/mol. The molecule has 1 aliphatic heterocycles. The van der Waals surface area contributed by atoms with Crippen LogP contribution in [0, 0.1) is 0 Å². The van der Waals surface area contributed by atoms with Crippen molar-refractivity contribution in [1.29, 1.82) is 0 Å². The summed E-state index contributed by atoms with van der Waals surface area (Å²) in [6.07, 6.45) is 1.67. The first-order valence-electron chi connectivity index (χ1n) is 5.42. The van der Waals surface area contributed by atoms with E-state index in [4.69, 9.17) is 4.74 Å². The molecule has 4 nitrogen and oxygen atoms in total. The number of morpholine rings is 1. The first-order valence-corrected chi connectivity index (χ1v) is 5.42. The second-order valence-electron chi connectivity index (χ2n) is 3.72. The summed E-state index contributed by atoms with van der Waals surface area (Å²) in [7, 11) is 0. The van der Waals surface area contributed by atoms with Crippen molar-refractivity contribution < 1.29 is 9.53 Å². The molecule has 0 atom stereocenters. The van der Waals surface area contributed by atoms with Crippen LogP contribution in [0.1, 0.15) is 5.56 Å². The molecule has 0 unspecified atom stereocenters. The number of hydrogen-bond donors (Lipinski definition) is 1. The molecule has 1 aromatic carbocycles. The highest BCUT2D eigenvalue weighted by Crippen LogP contribution is 2.16. The van der Waals surface area contributed by atoms with E-state index >= 15 is 0 Å². The average Bonchev–Trinajstić information content (AvgIpc) is 2.38. The van der Waals surface area contributed by atoms with Crippen LogP contribution in [-0.2, 0) is 16.1 Å². The third kappa shape index (κ3) is 2.73. The van der Waals surface area contributed by atoms with Crippen LogP contribution in [-0.4, -0.2) is 32.7 Å². The van der Waals surface area contributed by atoms with E-state index in [9.17, 15) is 4.79 Å². The lowest BCUT2D eigenvalue weighted by molar-refractivity contribution is 0.122. The van der Waals surface area contributed by atoms with Crippen molar-refractivity contribution in [3.63, 3.8) is 0 Å². The standard InChI is InChI=1S/C12H15N2O2/c15-10-13-9-11-1-3-12(4-2-11)14-5-7-16-8-6-14/h1-4H,5-9H2,(H,13,15). The first kappa shape index (κ1) is 11.0. The molecule has 16 heavy (non-hydrogen) atoms. The van der Waals surface area contributed by atoms with Crippen molar-refractivity contribution in [3.05, 3.63) is 29.8 Å². The molecule has 0 bridgehead atoms. The molecule has 2 rings (SSSR count). The van der Waals surface area contributed by atoms with E-state index in [1.54, 1.807) is 6.41 Å². The molecule has 1 N–H and O–H groups in total. The molecule has 0 saturated carbocycles. The second-order valence-corrected chi connectivity index (χ2v) is 3.72. The Bertz CT molecular complexity index is 331. The van der Waals surface area contributed by atoms with Crippen molar-refractivity contribution in [3.8, 4) is 0 Å². The number of anilines is 1. The van der Waals surface area contributed by atoms with Gasteiger partial charge in [0.25, 0.3) is 0 Å². The third-order valence-electron chi connectivity index (χ3n) is 2.68. The Labute approximate surface area is 95.2 Å². The fraction of sp³-hybridized carbons (Fsp3) is 0.417. The first-order chi connectivity index (χ1) is 7.90. The minimum Gasteiger partial charge on any atom is -0.378 e. The largest absolute Gasteiger partial charge is 0.378 e. The zero-order valence-electron chi connectivity index (χ0n) is 9.11. The summed E-state index contributed by atoms with van der Waals surface area (Å²) >= 11 is 0. The molecule has 0 aliphatic carbocycles. The Morgan fingerprint density at radius 3 is 2.56 bits per heavy atom. The molecular formula is C12H15N2O2. The minimum absolute atomic E-state index is 0.535. The van der Waals surface area contributed by atoms with Gasteiger partial charge in [0.15, 0.2) is 0 Å². The van der Waals surface area contributed by atoms with E-state index in [0.29, 0.717) is 6.54 Å². The number of carbonyl (C=O) groups excluding carboxylic acids is 1. The van der Waals surface area contributed by atoms with Gasteiger partial charge in [0, 0.05) is 25.3 Å². The van der Waals surface area contributed by atoms with Gasteiger partial charge in [-0.1, -0.05) is 12.1 Å². The predicted octanol–water partition coefficient (Wildman–Crippen LogP) is 0.680. The van der Waals surface area contributed by atoms with Crippen molar-refractivity contribution in [2.24, 2.45) is 0 Å². The lowest BCUT2D eigenvalue weighted by Crippen LogP contribution is -2.36. The number of nitrogens with one attached hydrogen (secondary N) is 1. The van der Waals surface area contributed by atoms with Crippen molar-refractivity contribution in [2.75, 3.05) is 31.2 Å². The monoisotopic (exact) mass is 219 g/mol. The lowest BCUT2D eigenvalue weighted by Gasteiger charge is -2.28. The Morgan fingerprint density at radius 2 is 1.94 bits per heavy atom. The number of hydrogen-bond acceptors (Lipinski definition) is 3. The number of nitrogens with zero attached hydrogens (tertiary/aromatic N) is 1. The molecule has 4 heteroatoms. The van der Waals surface area contributed by atoms with Crippen LogP contribution in [0.4, 0.5) is 5.69 Å². The Kier molecular flexibility index (Phi) is 3.77. The zero-order valence-corrected chi connectivity index (χ0v) is 9.11. The molecule has 1 heterocycles. The van der Waals surface area contributed by atoms with Crippen LogP contribution in [0.3, 0.4) is 0 Å². The van der Waals surface area contributed by atoms with Crippen molar-refractivity contribution >= 4 is 12.1 Å². The molecule has 1 aromatic rings. The van der Waals surface area contributed by atoms with E-state index in [1.165, 1.54) is 5.69 Å². The fourth-order valence-corrected chi connectivity index (χ4v) is 1.78. The van der Waals surface area contributed by atoms with Gasteiger partial charge in [-0.2, -0.15) is 0 Å². The summed E-state index contributed by atoms with van der Waals surface area (Å²) in [5.74, 6) is 0. The Morgan fingerprint density at radius 1 is 1.25 bits per heavy atom. The molecule has 1 aliphatic rings. The van der Waals surface area contributed by atoms with Gasteiger partial charge in [0.05, 0.1) is 13.2 Å². The van der Waals surface area contributed by atoms with Gasteiger partial charge in [-0.3, -0.25) is 4.79 Å². The zero-order chi connectivity index (χ0) is 11.2. The summed E-state index contributed by atoms with van der Waals surface area (Å²) in [6.45, 7) is 4.01. The topological polar surface area (TPSA) is 41.6 Å². The van der Waals surface area contributed by atoms with E-state index < -0.39 is 0 Å². The van der Waals surface area contributed by atoms with Gasteiger partial charge < -0.3 is 15.0 Å². The van der Waals surface area contributed by atoms with Gasteiger partial charge in [-0.05, 0) is 17.7 Å². The fourth-order valence-electron chi connectivity index (χ4n) is 1.78. The van der Waals surface area contributed by atoms with E-state index in [-0.39, 0.29) is 0 Å². The van der Waals surface area contributed by atoms with Crippen LogP contribution >= 0.6 is 0 Å². The van der Waals surface area contributed by atoms with E-state index in [0.717, 1.165) is 31.9 Å². The lowest BCUT2D eigenvalue weighted by atomic mass is 10.2. The van der Waals surface area contributed by atoms with Crippen LogP contribution in [0.25, 0.3) is 0 Å². The van der Waals surface area contributed by atoms with Gasteiger partial charge in [-0.15, -0.1) is 0 Å². The van der Waals surface area contributed by atoms with E-state index in [1.807, 2.05) is 12.1 Å². The highest BCUT2D eigenvalue weighted by molar-refractivity contribution is 5.50. The summed E-state index contributed by atoms with van der Waals surface area (Å²) in [5.41, 5.74) is 2.29. The maximum atomic E-state index is 10.0. The van der Waals surface area contributed by atoms with Crippen LogP contribution in [0.5, 0.6) is 0 Å². The summed E-state index contributed by atoms with van der Waals surface area (Å²) in [5, 5.41) is 2.52. The average molecular weight is 219 g/mol. The molecular weight excluding hydrogens is 204 g/mol. The highest BCUT2D eigenvalue weighted by Gasteiger charge is 2.10. The van der Waals surface area contributed by atoms with E-state index in [2.05, 4.69) is 22.3 Å². The number of amides is 1. The van der Waals surface area contributed by atoms with Crippen LogP contribution in [0.15, 0.2) is 24.3 Å². The smallest absolute Gasteiger partial charge is 0.309 e. The molecule has 1 fully saturated rings. The summed E-state index contributed by atoms with van der Waals surface area (Å²) in [6, 6.07) is 8.20. The molecule has 85 valence electrons. The molecule has 1 amide bonds. The van der Waals surface area contributed by atoms with Crippen molar-refractivity contribution in [2.45, 2.75) is 6.54 Å². The molecule has 0 aromatic heterocycles. The number of ether oxygens (including phenoxy) is 1. The SMILES string of the molecule is O=[C]NCc1ccc(N2CCOCC2)cc1. The quantitative estimate of drug-likeness (QED) is 0.757. The normalized spacial score (nSPS) is 15.9. The van der Waals surface area contributed by atoms with Gasteiger partial charge in [-0.25, -0.2) is 0 Å². The van der Waals surface area contributed by atoms with Gasteiger partial charge in [0.2, 0.25) is 0 Å². The maximum Gasteiger partial charge on any atom is 0.309 e. The molecule has 1 radical (unpaired) electrons. The highest BCUT2D eigenvalue weighted by atomic mass is 16.5. The van der Waals surface area contributed by atoms with Crippen molar-refractivity contribution in [1.82, 2.24) is 5.32 Å². The number of benzene rings is 1. The van der Waals surface area contributed by atoms with Crippen LogP contribution < -0.4 is 10.2 Å². The third-order valence-corrected chi connectivity index (χ3v) is 2.68. The maximum absolute atomic E-state index is 10.0. The minimum atomic E-state index is 0.535. The second kappa shape index (κ2) is 5.51. The van der Waals surface area contributed by atoms with Crippen LogP contribution in [0.2, 0.25) is 0 Å². The van der Waals surface area contributed by atoms with Gasteiger partial charge in [0.1, 0.15) is 0 Å². The summed E-state index contributed by atoms with van der Waals surface area (Å²) < 4.78 is 5.30. The Balaban J connectivity index is 1.97. The Hall–Kier alpha value is -1.55. The summed E-state index contributed by atoms with van der Waals surface area (Å²) in [4.78, 5) is 12.3.